The minimum atomic E-state index is -0.456. The minimum absolute atomic E-state index is 0.331. The highest BCUT2D eigenvalue weighted by molar-refractivity contribution is 5.88. The Labute approximate surface area is 125 Å². The standard InChI is InChI=1S/C17H22N2O2/c20-15(12-19-10-8-18-9-11-19)13-21-17-7-3-5-14-4-1-2-6-16(14)17/h1-7,15,18,20H,8-13H2. The van der Waals surface area contributed by atoms with Crippen LogP contribution >= 0.6 is 0 Å². The van der Waals surface area contributed by atoms with Gasteiger partial charge in [-0.1, -0.05) is 36.4 Å². The molecule has 0 amide bonds. The number of nitrogens with one attached hydrogen (secondary N) is 1. The van der Waals surface area contributed by atoms with E-state index in [-0.39, 0.29) is 0 Å². The van der Waals surface area contributed by atoms with Crippen molar-refractivity contribution < 1.29 is 9.84 Å². The van der Waals surface area contributed by atoms with Crippen molar-refractivity contribution in [1.82, 2.24) is 10.2 Å². The molecule has 1 saturated heterocycles. The minimum Gasteiger partial charge on any atom is -0.490 e. The van der Waals surface area contributed by atoms with E-state index in [9.17, 15) is 5.11 Å². The molecule has 1 aliphatic heterocycles. The van der Waals surface area contributed by atoms with Crippen molar-refractivity contribution in [3.8, 4) is 5.75 Å². The average molecular weight is 286 g/mol. The summed E-state index contributed by atoms with van der Waals surface area (Å²) < 4.78 is 5.83. The number of aliphatic hydroxyl groups is 1. The van der Waals surface area contributed by atoms with Crippen molar-refractivity contribution in [2.45, 2.75) is 6.10 Å². The molecule has 21 heavy (non-hydrogen) atoms. The molecule has 2 N–H and O–H groups in total. The number of piperazine rings is 1. The molecule has 4 nitrogen and oxygen atoms in total. The molecule has 1 atom stereocenters. The Morgan fingerprint density at radius 1 is 1.10 bits per heavy atom. The van der Waals surface area contributed by atoms with E-state index in [1.807, 2.05) is 30.3 Å². The number of benzene rings is 2. The van der Waals surface area contributed by atoms with Crippen molar-refractivity contribution >= 4 is 10.8 Å². The van der Waals surface area contributed by atoms with Gasteiger partial charge in [-0.15, -0.1) is 0 Å². The lowest BCUT2D eigenvalue weighted by molar-refractivity contribution is 0.0646. The van der Waals surface area contributed by atoms with E-state index >= 15 is 0 Å². The highest BCUT2D eigenvalue weighted by Gasteiger charge is 2.15. The van der Waals surface area contributed by atoms with Crippen molar-refractivity contribution in [3.63, 3.8) is 0 Å². The van der Waals surface area contributed by atoms with Crippen molar-refractivity contribution in [3.05, 3.63) is 42.5 Å². The number of aliphatic hydroxyl groups excluding tert-OH is 1. The molecule has 0 saturated carbocycles. The Morgan fingerprint density at radius 3 is 2.71 bits per heavy atom. The summed E-state index contributed by atoms with van der Waals surface area (Å²) in [5.74, 6) is 0.840. The predicted molar refractivity (Wildman–Crippen MR) is 84.8 cm³/mol. The SMILES string of the molecule is OC(COc1cccc2ccccc12)CN1CCNCC1. The number of rotatable bonds is 5. The van der Waals surface area contributed by atoms with E-state index in [0.29, 0.717) is 13.2 Å². The third-order valence-electron chi connectivity index (χ3n) is 3.86. The van der Waals surface area contributed by atoms with Crippen molar-refractivity contribution in [2.24, 2.45) is 0 Å². The number of hydrogen-bond acceptors (Lipinski definition) is 4. The summed E-state index contributed by atoms with van der Waals surface area (Å²) in [6.45, 7) is 4.98. The van der Waals surface area contributed by atoms with Crippen LogP contribution < -0.4 is 10.1 Å². The molecular formula is C17H22N2O2. The molecular weight excluding hydrogens is 264 g/mol. The number of nitrogens with zero attached hydrogens (tertiary/aromatic N) is 1. The van der Waals surface area contributed by atoms with Gasteiger partial charge in [-0.25, -0.2) is 0 Å². The van der Waals surface area contributed by atoms with E-state index < -0.39 is 6.10 Å². The highest BCUT2D eigenvalue weighted by atomic mass is 16.5. The number of ether oxygens (including phenoxy) is 1. The van der Waals surface area contributed by atoms with E-state index in [1.165, 1.54) is 0 Å². The normalized spacial score (nSPS) is 17.8. The van der Waals surface area contributed by atoms with Crippen molar-refractivity contribution in [1.29, 1.82) is 0 Å². The largest absolute Gasteiger partial charge is 0.490 e. The smallest absolute Gasteiger partial charge is 0.127 e. The van der Waals surface area contributed by atoms with Gasteiger partial charge < -0.3 is 15.2 Å². The molecule has 112 valence electrons. The van der Waals surface area contributed by atoms with Gasteiger partial charge in [0.15, 0.2) is 0 Å². The summed E-state index contributed by atoms with van der Waals surface area (Å²) in [5, 5.41) is 15.7. The Morgan fingerprint density at radius 2 is 1.86 bits per heavy atom. The van der Waals surface area contributed by atoms with Gasteiger partial charge in [0.2, 0.25) is 0 Å². The van der Waals surface area contributed by atoms with Gasteiger partial charge in [0.1, 0.15) is 18.5 Å². The zero-order chi connectivity index (χ0) is 14.5. The Bertz CT molecular complexity index is 577. The molecule has 1 fully saturated rings. The van der Waals surface area contributed by atoms with Gasteiger partial charge in [-0.05, 0) is 11.5 Å². The van der Waals surface area contributed by atoms with Crippen LogP contribution in [0.3, 0.4) is 0 Å². The molecule has 1 unspecified atom stereocenters. The molecule has 2 aromatic carbocycles. The van der Waals surface area contributed by atoms with Gasteiger partial charge in [-0.3, -0.25) is 4.90 Å². The van der Waals surface area contributed by atoms with E-state index in [1.54, 1.807) is 0 Å². The fourth-order valence-electron chi connectivity index (χ4n) is 2.75. The van der Waals surface area contributed by atoms with Gasteiger partial charge in [0.25, 0.3) is 0 Å². The van der Waals surface area contributed by atoms with Crippen LogP contribution in [-0.2, 0) is 0 Å². The van der Waals surface area contributed by atoms with Crippen LogP contribution in [-0.4, -0.2) is 55.4 Å². The second kappa shape index (κ2) is 6.89. The fourth-order valence-corrected chi connectivity index (χ4v) is 2.75. The zero-order valence-corrected chi connectivity index (χ0v) is 12.2. The number of fused-ring (bicyclic) bond motifs is 1. The average Bonchev–Trinajstić information content (AvgIpc) is 2.54. The van der Waals surface area contributed by atoms with E-state index in [0.717, 1.165) is 42.7 Å². The fraction of sp³-hybridized carbons (Fsp3) is 0.412. The summed E-state index contributed by atoms with van der Waals surface area (Å²) >= 11 is 0. The lowest BCUT2D eigenvalue weighted by atomic mass is 10.1. The summed E-state index contributed by atoms with van der Waals surface area (Å²) in [6, 6.07) is 14.2. The lowest BCUT2D eigenvalue weighted by Crippen LogP contribution is -2.47. The van der Waals surface area contributed by atoms with Crippen LogP contribution in [0.15, 0.2) is 42.5 Å². The van der Waals surface area contributed by atoms with Crippen molar-refractivity contribution in [2.75, 3.05) is 39.3 Å². The van der Waals surface area contributed by atoms with E-state index in [2.05, 4.69) is 22.3 Å². The topological polar surface area (TPSA) is 44.7 Å². The van der Waals surface area contributed by atoms with Crippen LogP contribution in [0.4, 0.5) is 0 Å². The molecule has 3 rings (SSSR count). The number of β-amino-alcohol motifs (C(OH)–C–C–N with tert-alkyl or cyclic N) is 1. The molecule has 0 aliphatic carbocycles. The maximum absolute atomic E-state index is 10.1. The molecule has 0 radical (unpaired) electrons. The Balaban J connectivity index is 1.58. The summed E-state index contributed by atoms with van der Waals surface area (Å²) in [4.78, 5) is 2.27. The van der Waals surface area contributed by atoms with E-state index in [4.69, 9.17) is 4.74 Å². The van der Waals surface area contributed by atoms with Gasteiger partial charge >= 0.3 is 0 Å². The lowest BCUT2D eigenvalue weighted by Gasteiger charge is -2.29. The first-order valence-corrected chi connectivity index (χ1v) is 7.54. The highest BCUT2D eigenvalue weighted by Crippen LogP contribution is 2.25. The van der Waals surface area contributed by atoms with Gasteiger partial charge in [0, 0.05) is 38.1 Å². The Kier molecular flexibility index (Phi) is 4.70. The van der Waals surface area contributed by atoms with Gasteiger partial charge in [0.05, 0.1) is 0 Å². The quantitative estimate of drug-likeness (QED) is 0.874. The maximum atomic E-state index is 10.1. The van der Waals surface area contributed by atoms with Crippen LogP contribution in [0.2, 0.25) is 0 Å². The zero-order valence-electron chi connectivity index (χ0n) is 12.2. The molecule has 0 aromatic heterocycles. The summed E-state index contributed by atoms with van der Waals surface area (Å²) in [7, 11) is 0. The first-order chi connectivity index (χ1) is 10.3. The molecule has 1 aliphatic rings. The predicted octanol–water partition coefficient (Wildman–Crippen LogP) is 1.48. The molecule has 0 bridgehead atoms. The van der Waals surface area contributed by atoms with Crippen LogP contribution in [0.5, 0.6) is 5.75 Å². The first-order valence-electron chi connectivity index (χ1n) is 7.54. The second-order valence-corrected chi connectivity index (χ2v) is 5.49. The molecule has 1 heterocycles. The second-order valence-electron chi connectivity index (χ2n) is 5.49. The van der Waals surface area contributed by atoms with Crippen LogP contribution in [0.1, 0.15) is 0 Å². The van der Waals surface area contributed by atoms with Crippen LogP contribution in [0.25, 0.3) is 10.8 Å². The number of hydrogen-bond donors (Lipinski definition) is 2. The molecule has 2 aromatic rings. The summed E-state index contributed by atoms with van der Waals surface area (Å²) in [6.07, 6.45) is -0.456. The third kappa shape index (κ3) is 3.73. The monoisotopic (exact) mass is 286 g/mol. The first kappa shape index (κ1) is 14.3. The third-order valence-corrected chi connectivity index (χ3v) is 3.86. The summed E-state index contributed by atoms with van der Waals surface area (Å²) in [5.41, 5.74) is 0. The van der Waals surface area contributed by atoms with Crippen LogP contribution in [0, 0.1) is 0 Å². The molecule has 4 heteroatoms. The molecule has 0 spiro atoms. The maximum Gasteiger partial charge on any atom is 0.127 e. The van der Waals surface area contributed by atoms with Gasteiger partial charge in [-0.2, -0.15) is 0 Å². The Hall–Kier alpha value is -1.62.